The quantitative estimate of drug-likeness (QED) is 0.734. The van der Waals surface area contributed by atoms with Crippen LogP contribution < -0.4 is 0 Å². The number of hydrogen-bond donors (Lipinski definition) is 0. The molecule has 4 rings (SSSR count). The molecule has 0 N–H and O–H groups in total. The van der Waals surface area contributed by atoms with Crippen LogP contribution in [-0.2, 0) is 26.6 Å². The standard InChI is InChI=1S/C20H25N5/c1-15(2)20-22-18-14-24(12-9-19(18)23(20)3)13-16-5-7-17(8-6-16)25-11-4-10-21-25/h4-8,10-11,15H,9,12-14H2,1-3H3. The van der Waals surface area contributed by atoms with E-state index in [9.17, 15) is 0 Å². The van der Waals surface area contributed by atoms with E-state index in [0.29, 0.717) is 5.92 Å². The highest BCUT2D eigenvalue weighted by Gasteiger charge is 2.23. The fraction of sp³-hybridized carbons (Fsp3) is 0.400. The van der Waals surface area contributed by atoms with Gasteiger partial charge in [0, 0.05) is 57.1 Å². The fourth-order valence-electron chi connectivity index (χ4n) is 3.69. The molecule has 5 heteroatoms. The van der Waals surface area contributed by atoms with E-state index in [1.165, 1.54) is 22.8 Å². The predicted octanol–water partition coefficient (Wildman–Crippen LogP) is 3.29. The third-order valence-corrected chi connectivity index (χ3v) is 5.00. The topological polar surface area (TPSA) is 38.9 Å². The summed E-state index contributed by atoms with van der Waals surface area (Å²) in [5.41, 5.74) is 5.10. The van der Waals surface area contributed by atoms with Crippen molar-refractivity contribution >= 4 is 0 Å². The molecule has 1 aliphatic heterocycles. The van der Waals surface area contributed by atoms with E-state index < -0.39 is 0 Å². The van der Waals surface area contributed by atoms with Crippen LogP contribution >= 0.6 is 0 Å². The summed E-state index contributed by atoms with van der Waals surface area (Å²) in [5, 5.41) is 4.28. The number of benzene rings is 1. The van der Waals surface area contributed by atoms with Crippen LogP contribution in [0.3, 0.4) is 0 Å². The largest absolute Gasteiger partial charge is 0.335 e. The van der Waals surface area contributed by atoms with E-state index in [1.54, 1.807) is 6.20 Å². The molecule has 0 amide bonds. The highest BCUT2D eigenvalue weighted by atomic mass is 15.3. The van der Waals surface area contributed by atoms with Gasteiger partial charge < -0.3 is 4.57 Å². The second kappa shape index (κ2) is 6.48. The Morgan fingerprint density at radius 1 is 1.16 bits per heavy atom. The Bertz CT molecular complexity index is 843. The highest BCUT2D eigenvalue weighted by Crippen LogP contribution is 2.24. The van der Waals surface area contributed by atoms with Gasteiger partial charge >= 0.3 is 0 Å². The molecule has 3 aromatic rings. The van der Waals surface area contributed by atoms with Crippen LogP contribution in [0.1, 0.15) is 42.5 Å². The maximum atomic E-state index is 4.90. The zero-order valence-electron chi connectivity index (χ0n) is 15.2. The van der Waals surface area contributed by atoms with Gasteiger partial charge in [0.15, 0.2) is 0 Å². The highest BCUT2D eigenvalue weighted by molar-refractivity contribution is 5.34. The molecule has 0 saturated carbocycles. The number of rotatable bonds is 4. The Labute approximate surface area is 148 Å². The second-order valence-electron chi connectivity index (χ2n) is 7.15. The number of aromatic nitrogens is 4. The molecule has 0 radical (unpaired) electrons. The lowest BCUT2D eigenvalue weighted by Crippen LogP contribution is -2.30. The molecule has 0 spiro atoms. The molecule has 5 nitrogen and oxygen atoms in total. The first-order chi connectivity index (χ1) is 12.1. The van der Waals surface area contributed by atoms with Gasteiger partial charge in [-0.3, -0.25) is 4.90 Å². The maximum absolute atomic E-state index is 4.90. The van der Waals surface area contributed by atoms with Crippen molar-refractivity contribution in [1.82, 2.24) is 24.2 Å². The van der Waals surface area contributed by atoms with E-state index >= 15 is 0 Å². The van der Waals surface area contributed by atoms with Crippen molar-refractivity contribution in [1.29, 1.82) is 0 Å². The van der Waals surface area contributed by atoms with Gasteiger partial charge in [0.2, 0.25) is 0 Å². The third kappa shape index (κ3) is 3.12. The minimum Gasteiger partial charge on any atom is -0.335 e. The van der Waals surface area contributed by atoms with Crippen molar-refractivity contribution in [3.8, 4) is 5.69 Å². The van der Waals surface area contributed by atoms with Crippen molar-refractivity contribution in [3.63, 3.8) is 0 Å². The van der Waals surface area contributed by atoms with Crippen LogP contribution in [0.15, 0.2) is 42.7 Å². The van der Waals surface area contributed by atoms with Gasteiger partial charge in [-0.1, -0.05) is 26.0 Å². The van der Waals surface area contributed by atoms with Gasteiger partial charge in [-0.25, -0.2) is 9.67 Å². The first kappa shape index (κ1) is 16.1. The summed E-state index contributed by atoms with van der Waals surface area (Å²) in [6.45, 7) is 7.42. The number of nitrogens with zero attached hydrogens (tertiary/aromatic N) is 5. The van der Waals surface area contributed by atoms with Crippen molar-refractivity contribution in [2.24, 2.45) is 7.05 Å². The lowest BCUT2D eigenvalue weighted by atomic mass is 10.1. The monoisotopic (exact) mass is 335 g/mol. The van der Waals surface area contributed by atoms with Gasteiger partial charge in [-0.05, 0) is 23.8 Å². The Hall–Kier alpha value is -2.40. The predicted molar refractivity (Wildman–Crippen MR) is 98.7 cm³/mol. The van der Waals surface area contributed by atoms with Gasteiger partial charge in [-0.2, -0.15) is 5.10 Å². The van der Waals surface area contributed by atoms with E-state index in [-0.39, 0.29) is 0 Å². The first-order valence-corrected chi connectivity index (χ1v) is 8.97. The minimum absolute atomic E-state index is 0.471. The smallest absolute Gasteiger partial charge is 0.111 e. The molecule has 130 valence electrons. The van der Waals surface area contributed by atoms with E-state index in [4.69, 9.17) is 4.98 Å². The molecule has 2 aromatic heterocycles. The average Bonchev–Trinajstić information content (AvgIpc) is 3.24. The zero-order chi connectivity index (χ0) is 17.4. The van der Waals surface area contributed by atoms with Crippen molar-refractivity contribution in [3.05, 3.63) is 65.5 Å². The lowest BCUT2D eigenvalue weighted by molar-refractivity contribution is 0.240. The average molecular weight is 335 g/mol. The molecule has 0 aliphatic carbocycles. The Kier molecular flexibility index (Phi) is 4.17. The van der Waals surface area contributed by atoms with Crippen LogP contribution in [0.5, 0.6) is 0 Å². The van der Waals surface area contributed by atoms with Gasteiger partial charge in [0.25, 0.3) is 0 Å². The third-order valence-electron chi connectivity index (χ3n) is 5.00. The summed E-state index contributed by atoms with van der Waals surface area (Å²) >= 11 is 0. The molecule has 0 bridgehead atoms. The van der Waals surface area contributed by atoms with Crippen LogP contribution in [-0.4, -0.2) is 30.8 Å². The van der Waals surface area contributed by atoms with Crippen molar-refractivity contribution in [2.45, 2.75) is 39.3 Å². The van der Waals surface area contributed by atoms with Crippen LogP contribution in [0.2, 0.25) is 0 Å². The van der Waals surface area contributed by atoms with Gasteiger partial charge in [-0.15, -0.1) is 0 Å². The van der Waals surface area contributed by atoms with Crippen LogP contribution in [0, 0.1) is 0 Å². The maximum Gasteiger partial charge on any atom is 0.111 e. The SMILES string of the molecule is CC(C)c1nc2c(n1C)CCN(Cc1ccc(-n3cccn3)cc1)C2. The van der Waals surface area contributed by atoms with E-state index in [0.717, 1.165) is 31.7 Å². The molecule has 0 atom stereocenters. The van der Waals surface area contributed by atoms with E-state index in [2.05, 4.69) is 59.7 Å². The summed E-state index contributed by atoms with van der Waals surface area (Å²) < 4.78 is 4.19. The normalized spacial score (nSPS) is 14.9. The molecule has 1 aromatic carbocycles. The van der Waals surface area contributed by atoms with Gasteiger partial charge in [0.05, 0.1) is 11.4 Å². The van der Waals surface area contributed by atoms with Crippen molar-refractivity contribution in [2.75, 3.05) is 6.54 Å². The van der Waals surface area contributed by atoms with Crippen LogP contribution in [0.4, 0.5) is 0 Å². The first-order valence-electron chi connectivity index (χ1n) is 8.97. The summed E-state index contributed by atoms with van der Waals surface area (Å²) in [5.74, 6) is 1.68. The fourth-order valence-corrected chi connectivity index (χ4v) is 3.69. The number of fused-ring (bicyclic) bond motifs is 1. The summed E-state index contributed by atoms with van der Waals surface area (Å²) in [7, 11) is 2.16. The Morgan fingerprint density at radius 2 is 1.96 bits per heavy atom. The second-order valence-corrected chi connectivity index (χ2v) is 7.15. The molecular weight excluding hydrogens is 310 g/mol. The molecule has 0 unspecified atom stereocenters. The summed E-state index contributed by atoms with van der Waals surface area (Å²) in [6.07, 6.45) is 4.85. The van der Waals surface area contributed by atoms with Crippen molar-refractivity contribution < 1.29 is 0 Å². The number of hydrogen-bond acceptors (Lipinski definition) is 3. The van der Waals surface area contributed by atoms with E-state index in [1.807, 2.05) is 16.9 Å². The molecule has 25 heavy (non-hydrogen) atoms. The number of imidazole rings is 1. The molecule has 1 aliphatic rings. The summed E-state index contributed by atoms with van der Waals surface area (Å²) in [6, 6.07) is 10.6. The molecule has 0 saturated heterocycles. The Morgan fingerprint density at radius 3 is 2.64 bits per heavy atom. The molecular formula is C20H25N5. The van der Waals surface area contributed by atoms with Crippen LogP contribution in [0.25, 0.3) is 5.69 Å². The molecule has 0 fully saturated rings. The zero-order valence-corrected chi connectivity index (χ0v) is 15.2. The lowest BCUT2D eigenvalue weighted by Gasteiger charge is -2.26. The summed E-state index contributed by atoms with van der Waals surface area (Å²) in [4.78, 5) is 7.39. The Balaban J connectivity index is 1.46. The van der Waals surface area contributed by atoms with Gasteiger partial charge in [0.1, 0.15) is 5.82 Å². The molecule has 3 heterocycles. The minimum atomic E-state index is 0.471.